The highest BCUT2D eigenvalue weighted by Crippen LogP contribution is 2.19. The Bertz CT molecular complexity index is 481. The zero-order valence-electron chi connectivity index (χ0n) is 12.9. The Balaban J connectivity index is 1.85. The highest BCUT2D eigenvalue weighted by atomic mass is 16.5. The minimum Gasteiger partial charge on any atom is -0.396 e. The molecule has 2 N–H and O–H groups in total. The molecule has 0 radical (unpaired) electrons. The molecule has 2 heterocycles. The van der Waals surface area contributed by atoms with Crippen molar-refractivity contribution >= 4 is 6.03 Å². The number of hydrogen-bond acceptors (Lipinski definition) is 5. The number of hydrogen-bond donors (Lipinski definition) is 2. The first-order valence-electron chi connectivity index (χ1n) is 7.37. The summed E-state index contributed by atoms with van der Waals surface area (Å²) in [5, 5.41) is 15.9. The van der Waals surface area contributed by atoms with Crippen LogP contribution in [0.4, 0.5) is 4.79 Å². The summed E-state index contributed by atoms with van der Waals surface area (Å²) >= 11 is 0. The van der Waals surface area contributed by atoms with Crippen molar-refractivity contribution in [1.29, 1.82) is 0 Å². The van der Waals surface area contributed by atoms with E-state index in [1.807, 2.05) is 20.8 Å². The second-order valence-electron chi connectivity index (χ2n) is 6.56. The molecule has 0 spiro atoms. The van der Waals surface area contributed by atoms with Crippen LogP contribution in [0.5, 0.6) is 0 Å². The van der Waals surface area contributed by atoms with Gasteiger partial charge in [-0.05, 0) is 18.8 Å². The van der Waals surface area contributed by atoms with Crippen molar-refractivity contribution < 1.29 is 14.4 Å². The number of nitrogens with one attached hydrogen (secondary N) is 1. The number of nitrogens with zero attached hydrogens (tertiary/aromatic N) is 3. The Morgan fingerprint density at radius 2 is 2.29 bits per heavy atom. The minimum absolute atomic E-state index is 0.129. The lowest BCUT2D eigenvalue weighted by Crippen LogP contribution is -2.46. The molecule has 1 aromatic rings. The Kier molecular flexibility index (Phi) is 4.82. The summed E-state index contributed by atoms with van der Waals surface area (Å²) in [6.45, 7) is 7.68. The van der Waals surface area contributed by atoms with Gasteiger partial charge in [0.25, 0.3) is 0 Å². The second-order valence-corrected chi connectivity index (χ2v) is 6.56. The SMILES string of the molecule is CC(C)(C)c1nc(CNC(=O)N2CCCC(CO)C2)no1. The number of carbonyl (C=O) groups is 1. The number of aliphatic hydroxyl groups is 1. The molecule has 2 amide bonds. The molecular formula is C14H24N4O3. The standard InChI is InChI=1S/C14H24N4O3/c1-14(2,3)12-16-11(17-21-12)7-15-13(20)18-6-4-5-10(8-18)9-19/h10,19H,4-9H2,1-3H3,(H,15,20). The van der Waals surface area contributed by atoms with Gasteiger partial charge in [0.05, 0.1) is 6.54 Å². The number of urea groups is 1. The first-order chi connectivity index (χ1) is 9.90. The van der Waals surface area contributed by atoms with E-state index in [9.17, 15) is 9.90 Å². The molecule has 1 unspecified atom stereocenters. The summed E-state index contributed by atoms with van der Waals surface area (Å²) in [6, 6.07) is -0.143. The number of likely N-dealkylation sites (tertiary alicyclic amines) is 1. The summed E-state index contributed by atoms with van der Waals surface area (Å²) in [5.41, 5.74) is -0.198. The summed E-state index contributed by atoms with van der Waals surface area (Å²) < 4.78 is 5.18. The molecule has 1 saturated heterocycles. The van der Waals surface area contributed by atoms with E-state index in [4.69, 9.17) is 4.52 Å². The summed E-state index contributed by atoms with van der Waals surface area (Å²) in [5.74, 6) is 1.22. The van der Waals surface area contributed by atoms with Crippen LogP contribution in [0.25, 0.3) is 0 Å². The molecule has 1 aliphatic rings. The van der Waals surface area contributed by atoms with Crippen LogP contribution in [-0.2, 0) is 12.0 Å². The highest BCUT2D eigenvalue weighted by Gasteiger charge is 2.24. The van der Waals surface area contributed by atoms with E-state index in [1.54, 1.807) is 4.90 Å². The fourth-order valence-corrected chi connectivity index (χ4v) is 2.30. The number of aromatic nitrogens is 2. The number of amides is 2. The average molecular weight is 296 g/mol. The van der Waals surface area contributed by atoms with Crippen molar-refractivity contribution in [3.63, 3.8) is 0 Å². The zero-order valence-corrected chi connectivity index (χ0v) is 12.9. The molecule has 1 fully saturated rings. The smallest absolute Gasteiger partial charge is 0.317 e. The lowest BCUT2D eigenvalue weighted by Gasteiger charge is -2.31. The van der Waals surface area contributed by atoms with E-state index in [2.05, 4.69) is 15.5 Å². The number of piperidine rings is 1. The van der Waals surface area contributed by atoms with Crippen molar-refractivity contribution in [1.82, 2.24) is 20.4 Å². The van der Waals surface area contributed by atoms with E-state index in [1.165, 1.54) is 0 Å². The van der Waals surface area contributed by atoms with Gasteiger partial charge in [0, 0.05) is 25.1 Å². The van der Waals surface area contributed by atoms with Gasteiger partial charge >= 0.3 is 6.03 Å². The summed E-state index contributed by atoms with van der Waals surface area (Å²) in [7, 11) is 0. The van der Waals surface area contributed by atoms with Crippen LogP contribution in [0.3, 0.4) is 0 Å². The lowest BCUT2D eigenvalue weighted by atomic mass is 9.97. The molecule has 0 aromatic carbocycles. The molecule has 7 heteroatoms. The van der Waals surface area contributed by atoms with Crippen LogP contribution < -0.4 is 5.32 Å². The Morgan fingerprint density at radius 1 is 1.52 bits per heavy atom. The van der Waals surface area contributed by atoms with E-state index in [-0.39, 0.29) is 30.5 Å². The second kappa shape index (κ2) is 6.43. The number of rotatable bonds is 3. The molecule has 1 aliphatic heterocycles. The van der Waals surface area contributed by atoms with Crippen LogP contribution in [0.15, 0.2) is 4.52 Å². The highest BCUT2D eigenvalue weighted by molar-refractivity contribution is 5.74. The van der Waals surface area contributed by atoms with Gasteiger partial charge in [0.2, 0.25) is 5.89 Å². The summed E-state index contributed by atoms with van der Waals surface area (Å²) in [6.07, 6.45) is 1.90. The van der Waals surface area contributed by atoms with Gasteiger partial charge in [-0.25, -0.2) is 4.79 Å². The molecule has 0 saturated carbocycles. The van der Waals surface area contributed by atoms with Crippen LogP contribution >= 0.6 is 0 Å². The molecule has 2 rings (SSSR count). The van der Waals surface area contributed by atoms with Crippen LogP contribution in [0.2, 0.25) is 0 Å². The van der Waals surface area contributed by atoms with Gasteiger partial charge in [-0.1, -0.05) is 25.9 Å². The fraction of sp³-hybridized carbons (Fsp3) is 0.786. The molecule has 1 atom stereocenters. The van der Waals surface area contributed by atoms with Crippen molar-refractivity contribution in [3.8, 4) is 0 Å². The summed E-state index contributed by atoms with van der Waals surface area (Å²) in [4.78, 5) is 18.1. The first kappa shape index (κ1) is 15.8. The molecule has 118 valence electrons. The van der Waals surface area contributed by atoms with Crippen molar-refractivity contribution in [2.24, 2.45) is 5.92 Å². The normalized spacial score (nSPS) is 19.6. The number of carbonyl (C=O) groups excluding carboxylic acids is 1. The van der Waals surface area contributed by atoms with Gasteiger partial charge in [0.15, 0.2) is 5.82 Å². The molecule has 21 heavy (non-hydrogen) atoms. The van der Waals surface area contributed by atoms with Crippen molar-refractivity contribution in [2.75, 3.05) is 19.7 Å². The molecule has 0 aliphatic carbocycles. The van der Waals surface area contributed by atoms with Gasteiger partial charge in [0.1, 0.15) is 0 Å². The Hall–Kier alpha value is -1.63. The number of aliphatic hydroxyl groups excluding tert-OH is 1. The van der Waals surface area contributed by atoms with Crippen molar-refractivity contribution in [3.05, 3.63) is 11.7 Å². The third-order valence-electron chi connectivity index (χ3n) is 3.57. The predicted molar refractivity (Wildman–Crippen MR) is 76.6 cm³/mol. The fourth-order valence-electron chi connectivity index (χ4n) is 2.30. The molecule has 1 aromatic heterocycles. The van der Waals surface area contributed by atoms with Gasteiger partial charge in [-0.2, -0.15) is 4.98 Å². The molecule has 0 bridgehead atoms. The monoisotopic (exact) mass is 296 g/mol. The van der Waals surface area contributed by atoms with E-state index in [0.717, 1.165) is 19.4 Å². The van der Waals surface area contributed by atoms with Gasteiger partial charge in [-0.3, -0.25) is 0 Å². The zero-order chi connectivity index (χ0) is 15.5. The largest absolute Gasteiger partial charge is 0.396 e. The van der Waals surface area contributed by atoms with E-state index >= 15 is 0 Å². The maximum atomic E-state index is 12.1. The van der Waals surface area contributed by atoms with Crippen molar-refractivity contribution in [2.45, 2.75) is 45.6 Å². The van der Waals surface area contributed by atoms with Crippen LogP contribution in [-0.4, -0.2) is 45.9 Å². The van der Waals surface area contributed by atoms with Crippen LogP contribution in [0.1, 0.15) is 45.3 Å². The Labute approximate surface area is 124 Å². The quantitative estimate of drug-likeness (QED) is 0.876. The maximum Gasteiger partial charge on any atom is 0.317 e. The van der Waals surface area contributed by atoms with E-state index in [0.29, 0.717) is 18.3 Å². The van der Waals surface area contributed by atoms with Crippen LogP contribution in [0, 0.1) is 5.92 Å². The predicted octanol–water partition coefficient (Wildman–Crippen LogP) is 1.28. The van der Waals surface area contributed by atoms with Gasteiger partial charge < -0.3 is 19.8 Å². The average Bonchev–Trinajstić information content (AvgIpc) is 2.94. The first-order valence-corrected chi connectivity index (χ1v) is 7.37. The minimum atomic E-state index is -0.198. The molecule has 7 nitrogen and oxygen atoms in total. The maximum absolute atomic E-state index is 12.1. The molecular weight excluding hydrogens is 272 g/mol. The van der Waals surface area contributed by atoms with Gasteiger partial charge in [-0.15, -0.1) is 0 Å². The third kappa shape index (κ3) is 4.17. The Morgan fingerprint density at radius 3 is 2.90 bits per heavy atom. The third-order valence-corrected chi connectivity index (χ3v) is 3.57. The lowest BCUT2D eigenvalue weighted by molar-refractivity contribution is 0.129. The van der Waals surface area contributed by atoms with E-state index < -0.39 is 0 Å². The topological polar surface area (TPSA) is 91.5 Å².